The van der Waals surface area contributed by atoms with Crippen LogP contribution in [-0.2, 0) is 0 Å². The smallest absolute Gasteiger partial charge is 0.319 e. The first-order chi connectivity index (χ1) is 10.1. The van der Waals surface area contributed by atoms with Gasteiger partial charge in [-0.1, -0.05) is 24.2 Å². The van der Waals surface area contributed by atoms with Gasteiger partial charge in [0.1, 0.15) is 0 Å². The molecule has 112 valence electrons. The highest BCUT2D eigenvalue weighted by molar-refractivity contribution is 5.90. The molecule has 7 heteroatoms. The van der Waals surface area contributed by atoms with Crippen molar-refractivity contribution in [2.45, 2.75) is 26.3 Å². The quantitative estimate of drug-likeness (QED) is 0.781. The van der Waals surface area contributed by atoms with E-state index >= 15 is 0 Å². The Balaban J connectivity index is 2.06. The number of aryl methyl sites for hydroxylation is 1. The Morgan fingerprint density at radius 3 is 2.90 bits per heavy atom. The van der Waals surface area contributed by atoms with Crippen molar-refractivity contribution in [3.05, 3.63) is 30.2 Å². The average Bonchev–Trinajstić information content (AvgIpc) is 2.91. The summed E-state index contributed by atoms with van der Waals surface area (Å²) in [6.45, 7) is 3.51. The number of nitrogens with zero attached hydrogens (tertiary/aromatic N) is 2. The summed E-state index contributed by atoms with van der Waals surface area (Å²) in [5.74, 6) is 0.952. The Morgan fingerprint density at radius 1 is 1.48 bits per heavy atom. The SMILES string of the molecule is CCC(CO)NC(=O)Nc1cccc(-c2noc(C)n2)c1. The minimum atomic E-state index is -0.364. The largest absolute Gasteiger partial charge is 0.394 e. The van der Waals surface area contributed by atoms with Crippen molar-refractivity contribution in [2.75, 3.05) is 11.9 Å². The van der Waals surface area contributed by atoms with Crippen LogP contribution in [0.1, 0.15) is 19.2 Å². The molecular formula is C14H18N4O3. The van der Waals surface area contributed by atoms with Crippen LogP contribution in [-0.4, -0.2) is 33.9 Å². The van der Waals surface area contributed by atoms with Gasteiger partial charge in [0.15, 0.2) is 0 Å². The van der Waals surface area contributed by atoms with Crippen molar-refractivity contribution >= 4 is 11.7 Å². The van der Waals surface area contributed by atoms with E-state index in [1.54, 1.807) is 25.1 Å². The summed E-state index contributed by atoms with van der Waals surface area (Å²) in [6.07, 6.45) is 0.659. The molecule has 0 spiro atoms. The van der Waals surface area contributed by atoms with Gasteiger partial charge in [-0.05, 0) is 18.6 Å². The number of aliphatic hydroxyl groups is 1. The van der Waals surface area contributed by atoms with Gasteiger partial charge in [-0.15, -0.1) is 0 Å². The van der Waals surface area contributed by atoms with Crippen molar-refractivity contribution in [3.8, 4) is 11.4 Å². The maximum Gasteiger partial charge on any atom is 0.319 e. The highest BCUT2D eigenvalue weighted by Crippen LogP contribution is 2.19. The zero-order chi connectivity index (χ0) is 15.2. The number of rotatable bonds is 5. The number of aromatic nitrogens is 2. The molecule has 21 heavy (non-hydrogen) atoms. The molecule has 1 aromatic heterocycles. The van der Waals surface area contributed by atoms with Crippen LogP contribution in [0, 0.1) is 6.92 Å². The molecule has 1 unspecified atom stereocenters. The molecule has 2 rings (SSSR count). The van der Waals surface area contributed by atoms with Gasteiger partial charge in [-0.3, -0.25) is 0 Å². The van der Waals surface area contributed by atoms with Crippen molar-refractivity contribution in [3.63, 3.8) is 0 Å². The van der Waals surface area contributed by atoms with Crippen molar-refractivity contribution < 1.29 is 14.4 Å². The van der Waals surface area contributed by atoms with Gasteiger partial charge in [0.05, 0.1) is 12.6 Å². The van der Waals surface area contributed by atoms with Crippen LogP contribution in [0.4, 0.5) is 10.5 Å². The van der Waals surface area contributed by atoms with Crippen LogP contribution in [0.5, 0.6) is 0 Å². The standard InChI is InChI=1S/C14H18N4O3/c1-3-11(8-19)16-14(20)17-12-6-4-5-10(7-12)13-15-9(2)21-18-13/h4-7,11,19H,3,8H2,1-2H3,(H2,16,17,20). The van der Waals surface area contributed by atoms with Crippen LogP contribution in [0.15, 0.2) is 28.8 Å². The first kappa shape index (κ1) is 15.0. The number of hydrogen-bond donors (Lipinski definition) is 3. The summed E-state index contributed by atoms with van der Waals surface area (Å²) in [4.78, 5) is 15.9. The van der Waals surface area contributed by atoms with Crippen LogP contribution in [0.2, 0.25) is 0 Å². The molecular weight excluding hydrogens is 272 g/mol. The third-order valence-electron chi connectivity index (χ3n) is 2.95. The molecule has 0 radical (unpaired) electrons. The molecule has 0 aliphatic rings. The Bertz CT molecular complexity index is 608. The molecule has 7 nitrogen and oxygen atoms in total. The second-order valence-electron chi connectivity index (χ2n) is 4.60. The van der Waals surface area contributed by atoms with E-state index < -0.39 is 0 Å². The highest BCUT2D eigenvalue weighted by Gasteiger charge is 2.10. The lowest BCUT2D eigenvalue weighted by Crippen LogP contribution is -2.39. The van der Waals surface area contributed by atoms with E-state index in [4.69, 9.17) is 9.63 Å². The minimum Gasteiger partial charge on any atom is -0.394 e. The lowest BCUT2D eigenvalue weighted by molar-refractivity contribution is 0.222. The molecule has 0 aliphatic carbocycles. The highest BCUT2D eigenvalue weighted by atomic mass is 16.5. The number of nitrogens with one attached hydrogen (secondary N) is 2. The predicted octanol–water partition coefficient (Wildman–Crippen LogP) is 1.94. The number of amides is 2. The molecule has 0 aliphatic heterocycles. The number of aliphatic hydroxyl groups excluding tert-OH is 1. The van der Waals surface area contributed by atoms with Gasteiger partial charge in [0, 0.05) is 18.2 Å². The summed E-state index contributed by atoms with van der Waals surface area (Å²) in [6, 6.07) is 6.51. The molecule has 0 fully saturated rings. The second-order valence-corrected chi connectivity index (χ2v) is 4.60. The summed E-state index contributed by atoms with van der Waals surface area (Å²) in [7, 11) is 0. The maximum absolute atomic E-state index is 11.8. The van der Waals surface area contributed by atoms with E-state index in [1.807, 2.05) is 13.0 Å². The summed E-state index contributed by atoms with van der Waals surface area (Å²) in [5.41, 5.74) is 1.36. The fourth-order valence-corrected chi connectivity index (χ4v) is 1.78. The van der Waals surface area contributed by atoms with Crippen molar-refractivity contribution in [2.24, 2.45) is 0 Å². The number of carbonyl (C=O) groups is 1. The zero-order valence-electron chi connectivity index (χ0n) is 12.0. The predicted molar refractivity (Wildman–Crippen MR) is 77.8 cm³/mol. The minimum absolute atomic E-state index is 0.0912. The van der Waals surface area contributed by atoms with E-state index in [1.165, 1.54) is 0 Å². The number of carbonyl (C=O) groups excluding carboxylic acids is 1. The molecule has 0 bridgehead atoms. The van der Waals surface area contributed by atoms with Crippen LogP contribution in [0.3, 0.4) is 0 Å². The Hall–Kier alpha value is -2.41. The van der Waals surface area contributed by atoms with Gasteiger partial charge < -0.3 is 20.3 Å². The summed E-state index contributed by atoms with van der Waals surface area (Å²) < 4.78 is 4.93. The normalized spacial score (nSPS) is 12.0. The van der Waals surface area contributed by atoms with E-state index in [0.717, 1.165) is 5.56 Å². The fourth-order valence-electron chi connectivity index (χ4n) is 1.78. The van der Waals surface area contributed by atoms with Crippen LogP contribution in [0.25, 0.3) is 11.4 Å². The average molecular weight is 290 g/mol. The third-order valence-corrected chi connectivity index (χ3v) is 2.95. The second kappa shape index (κ2) is 6.85. The van der Waals surface area contributed by atoms with Gasteiger partial charge in [0.2, 0.25) is 11.7 Å². The molecule has 0 saturated heterocycles. The lowest BCUT2D eigenvalue weighted by atomic mass is 10.2. The maximum atomic E-state index is 11.8. The van der Waals surface area contributed by atoms with E-state index in [2.05, 4.69) is 20.8 Å². The van der Waals surface area contributed by atoms with Gasteiger partial charge >= 0.3 is 6.03 Å². The zero-order valence-corrected chi connectivity index (χ0v) is 12.0. The van der Waals surface area contributed by atoms with Gasteiger partial charge in [0.25, 0.3) is 0 Å². The van der Waals surface area contributed by atoms with E-state index in [0.29, 0.717) is 23.8 Å². The number of hydrogen-bond acceptors (Lipinski definition) is 5. The molecule has 1 aromatic carbocycles. The van der Waals surface area contributed by atoms with Gasteiger partial charge in [-0.25, -0.2) is 4.79 Å². The molecule has 2 amide bonds. The van der Waals surface area contributed by atoms with E-state index in [9.17, 15) is 4.79 Å². The Morgan fingerprint density at radius 2 is 2.29 bits per heavy atom. The Kier molecular flexibility index (Phi) is 4.89. The fraction of sp³-hybridized carbons (Fsp3) is 0.357. The van der Waals surface area contributed by atoms with Crippen molar-refractivity contribution in [1.82, 2.24) is 15.5 Å². The number of urea groups is 1. The molecule has 0 saturated carbocycles. The van der Waals surface area contributed by atoms with Gasteiger partial charge in [-0.2, -0.15) is 4.98 Å². The van der Waals surface area contributed by atoms with Crippen molar-refractivity contribution in [1.29, 1.82) is 0 Å². The molecule has 3 N–H and O–H groups in total. The lowest BCUT2D eigenvalue weighted by Gasteiger charge is -2.14. The summed E-state index contributed by atoms with van der Waals surface area (Å²) >= 11 is 0. The molecule has 1 atom stereocenters. The Labute approximate surface area is 122 Å². The number of anilines is 1. The van der Waals surface area contributed by atoms with E-state index in [-0.39, 0.29) is 18.7 Å². The summed E-state index contributed by atoms with van der Waals surface area (Å²) in [5, 5.41) is 18.3. The monoisotopic (exact) mass is 290 g/mol. The number of benzene rings is 1. The van der Waals surface area contributed by atoms with Crippen LogP contribution >= 0.6 is 0 Å². The van der Waals surface area contributed by atoms with Crippen LogP contribution < -0.4 is 10.6 Å². The molecule has 2 aromatic rings. The molecule has 1 heterocycles. The third kappa shape index (κ3) is 4.03. The topological polar surface area (TPSA) is 100 Å². The first-order valence-corrected chi connectivity index (χ1v) is 6.71. The first-order valence-electron chi connectivity index (χ1n) is 6.71.